The van der Waals surface area contributed by atoms with Gasteiger partial charge in [0.25, 0.3) is 0 Å². The zero-order valence-electron chi connectivity index (χ0n) is 10.7. The van der Waals surface area contributed by atoms with E-state index < -0.39 is 12.2 Å². The fourth-order valence-corrected chi connectivity index (χ4v) is 1.91. The molecular formula is C14H10F2N2O3. The van der Waals surface area contributed by atoms with Gasteiger partial charge in [-0.3, -0.25) is 4.57 Å². The summed E-state index contributed by atoms with van der Waals surface area (Å²) >= 11 is 0. The molecule has 0 aliphatic carbocycles. The summed E-state index contributed by atoms with van der Waals surface area (Å²) in [5.41, 5.74) is -0.0925. The monoisotopic (exact) mass is 292 g/mol. The number of halogens is 2. The number of fused-ring (bicyclic) bond motifs is 1. The summed E-state index contributed by atoms with van der Waals surface area (Å²) in [6.07, 6.45) is 2.47. The van der Waals surface area contributed by atoms with E-state index in [1.54, 1.807) is 18.2 Å². The van der Waals surface area contributed by atoms with Gasteiger partial charge in [-0.05, 0) is 18.2 Å². The van der Waals surface area contributed by atoms with Gasteiger partial charge in [0, 0.05) is 29.9 Å². The van der Waals surface area contributed by atoms with Gasteiger partial charge in [0.05, 0.1) is 0 Å². The maximum atomic E-state index is 12.7. The molecule has 1 aromatic carbocycles. The van der Waals surface area contributed by atoms with Crippen LogP contribution < -0.4 is 10.4 Å². The molecule has 7 heteroatoms. The number of aromatic nitrogens is 2. The van der Waals surface area contributed by atoms with Gasteiger partial charge in [-0.15, -0.1) is 0 Å². The first kappa shape index (κ1) is 13.3. The maximum absolute atomic E-state index is 12.7. The van der Waals surface area contributed by atoms with Crippen molar-refractivity contribution in [2.75, 3.05) is 0 Å². The molecule has 108 valence electrons. The van der Waals surface area contributed by atoms with Crippen LogP contribution >= 0.6 is 0 Å². The van der Waals surface area contributed by atoms with Crippen LogP contribution in [0.25, 0.3) is 11.0 Å². The fourth-order valence-electron chi connectivity index (χ4n) is 1.91. The second kappa shape index (κ2) is 5.35. The van der Waals surface area contributed by atoms with E-state index >= 15 is 0 Å². The van der Waals surface area contributed by atoms with E-state index in [0.717, 1.165) is 9.95 Å². The molecule has 0 unspecified atom stereocenters. The topological polar surface area (TPSA) is 57.3 Å². The van der Waals surface area contributed by atoms with E-state index in [4.69, 9.17) is 9.15 Å². The molecule has 0 saturated carbocycles. The molecular weight excluding hydrogens is 282 g/mol. The standard InChI is InChI=1S/C14H10F2N2O3/c15-14(16)18-6-5-17-12(18)8-20-10-3-1-9-2-4-13(19)21-11(9)7-10/h1-7,14H,8H2. The third-order valence-corrected chi connectivity index (χ3v) is 2.92. The summed E-state index contributed by atoms with van der Waals surface area (Å²) in [4.78, 5) is 15.0. The lowest BCUT2D eigenvalue weighted by Crippen LogP contribution is -2.07. The molecule has 2 heterocycles. The molecule has 0 aliphatic heterocycles. The highest BCUT2D eigenvalue weighted by Crippen LogP contribution is 2.21. The van der Waals surface area contributed by atoms with Crippen molar-refractivity contribution in [1.29, 1.82) is 0 Å². The van der Waals surface area contributed by atoms with Crippen molar-refractivity contribution in [3.05, 3.63) is 59.0 Å². The van der Waals surface area contributed by atoms with Gasteiger partial charge in [0.1, 0.15) is 17.9 Å². The van der Waals surface area contributed by atoms with Crippen LogP contribution in [0, 0.1) is 0 Å². The predicted molar refractivity (Wildman–Crippen MR) is 70.3 cm³/mol. The van der Waals surface area contributed by atoms with Crippen LogP contribution in [0.1, 0.15) is 12.4 Å². The van der Waals surface area contributed by atoms with Crippen LogP contribution in [-0.2, 0) is 6.61 Å². The fraction of sp³-hybridized carbons (Fsp3) is 0.143. The highest BCUT2D eigenvalue weighted by atomic mass is 19.3. The summed E-state index contributed by atoms with van der Waals surface area (Å²) in [6.45, 7) is -2.78. The first-order valence-corrected chi connectivity index (χ1v) is 6.10. The molecule has 3 aromatic rings. The Bertz CT molecular complexity index is 826. The number of benzene rings is 1. The minimum absolute atomic E-state index is 0.111. The van der Waals surface area contributed by atoms with Crippen molar-refractivity contribution in [3.63, 3.8) is 0 Å². The van der Waals surface area contributed by atoms with Crippen LogP contribution in [0.15, 0.2) is 51.9 Å². The smallest absolute Gasteiger partial charge is 0.336 e. The number of rotatable bonds is 4. The molecule has 2 aromatic heterocycles. The van der Waals surface area contributed by atoms with Crippen molar-refractivity contribution in [2.45, 2.75) is 13.2 Å². The van der Waals surface area contributed by atoms with Gasteiger partial charge in [-0.2, -0.15) is 8.78 Å². The lowest BCUT2D eigenvalue weighted by molar-refractivity contribution is 0.0632. The minimum Gasteiger partial charge on any atom is -0.486 e. The maximum Gasteiger partial charge on any atom is 0.336 e. The van der Waals surface area contributed by atoms with Crippen LogP contribution in [-0.4, -0.2) is 9.55 Å². The molecule has 0 spiro atoms. The molecule has 0 saturated heterocycles. The Balaban J connectivity index is 1.82. The van der Waals surface area contributed by atoms with Gasteiger partial charge >= 0.3 is 12.2 Å². The van der Waals surface area contributed by atoms with Crippen molar-refractivity contribution >= 4 is 11.0 Å². The third-order valence-electron chi connectivity index (χ3n) is 2.92. The first-order chi connectivity index (χ1) is 10.1. The molecule has 0 aliphatic rings. The summed E-state index contributed by atoms with van der Waals surface area (Å²) in [5, 5.41) is 0.746. The van der Waals surface area contributed by atoms with E-state index in [2.05, 4.69) is 4.98 Å². The number of imidazole rings is 1. The molecule has 0 fully saturated rings. The lowest BCUT2D eigenvalue weighted by atomic mass is 10.2. The number of alkyl halides is 2. The van der Waals surface area contributed by atoms with E-state index in [0.29, 0.717) is 11.3 Å². The Morgan fingerprint density at radius 1 is 1.29 bits per heavy atom. The summed E-state index contributed by atoms with van der Waals surface area (Å²) < 4.78 is 36.5. The van der Waals surface area contributed by atoms with E-state index in [1.807, 2.05) is 0 Å². The van der Waals surface area contributed by atoms with Crippen LogP contribution in [0.5, 0.6) is 5.75 Å². The average Bonchev–Trinajstić information content (AvgIpc) is 2.93. The summed E-state index contributed by atoms with van der Waals surface area (Å²) in [7, 11) is 0. The van der Waals surface area contributed by atoms with Gasteiger partial charge < -0.3 is 9.15 Å². The molecule has 5 nitrogen and oxygen atoms in total. The Hall–Kier alpha value is -2.70. The third kappa shape index (κ3) is 2.76. The Kier molecular flexibility index (Phi) is 3.39. The first-order valence-electron chi connectivity index (χ1n) is 6.10. The van der Waals surface area contributed by atoms with Crippen molar-refractivity contribution in [1.82, 2.24) is 9.55 Å². The van der Waals surface area contributed by atoms with E-state index in [9.17, 15) is 13.6 Å². The zero-order chi connectivity index (χ0) is 14.8. The number of hydrogen-bond acceptors (Lipinski definition) is 4. The minimum atomic E-state index is -2.67. The Morgan fingerprint density at radius 3 is 2.90 bits per heavy atom. The molecule has 21 heavy (non-hydrogen) atoms. The largest absolute Gasteiger partial charge is 0.486 e. The van der Waals surface area contributed by atoms with Gasteiger partial charge in [-0.25, -0.2) is 9.78 Å². The highest BCUT2D eigenvalue weighted by molar-refractivity contribution is 5.77. The molecule has 0 bridgehead atoms. The number of nitrogens with zero attached hydrogens (tertiary/aromatic N) is 2. The van der Waals surface area contributed by atoms with Crippen molar-refractivity contribution in [3.8, 4) is 5.75 Å². The SMILES string of the molecule is O=c1ccc2ccc(OCc3nccn3C(F)F)cc2o1. The van der Waals surface area contributed by atoms with Crippen molar-refractivity contribution in [2.24, 2.45) is 0 Å². The van der Waals surface area contributed by atoms with Crippen LogP contribution in [0.3, 0.4) is 0 Å². The highest BCUT2D eigenvalue weighted by Gasteiger charge is 2.11. The van der Waals surface area contributed by atoms with E-state index in [-0.39, 0.29) is 12.4 Å². The number of hydrogen-bond donors (Lipinski definition) is 0. The van der Waals surface area contributed by atoms with Crippen LogP contribution in [0.4, 0.5) is 8.78 Å². The zero-order valence-corrected chi connectivity index (χ0v) is 10.7. The Labute approximate surface area is 117 Å². The average molecular weight is 292 g/mol. The predicted octanol–water partition coefficient (Wildman–Crippen LogP) is 2.96. The van der Waals surface area contributed by atoms with E-state index in [1.165, 1.54) is 24.5 Å². The van der Waals surface area contributed by atoms with Gasteiger partial charge in [0.15, 0.2) is 5.82 Å². The Morgan fingerprint density at radius 2 is 2.10 bits per heavy atom. The normalized spacial score (nSPS) is 11.2. The van der Waals surface area contributed by atoms with Gasteiger partial charge in [0.2, 0.25) is 0 Å². The number of ether oxygens (including phenoxy) is 1. The molecule has 3 rings (SSSR count). The summed E-state index contributed by atoms with van der Waals surface area (Å²) in [5.74, 6) is 0.514. The molecule has 0 atom stereocenters. The molecule has 0 N–H and O–H groups in total. The van der Waals surface area contributed by atoms with Crippen molar-refractivity contribution < 1.29 is 17.9 Å². The lowest BCUT2D eigenvalue weighted by Gasteiger charge is -2.08. The summed E-state index contributed by atoms with van der Waals surface area (Å²) in [6, 6.07) is 7.87. The second-order valence-corrected chi connectivity index (χ2v) is 4.27. The molecule has 0 radical (unpaired) electrons. The second-order valence-electron chi connectivity index (χ2n) is 4.27. The molecule has 0 amide bonds. The van der Waals surface area contributed by atoms with Gasteiger partial charge in [-0.1, -0.05) is 0 Å². The quantitative estimate of drug-likeness (QED) is 0.694. The van der Waals surface area contributed by atoms with Crippen LogP contribution in [0.2, 0.25) is 0 Å².